The maximum Gasteiger partial charge on any atom is 0.278 e. The zero-order chi connectivity index (χ0) is 15.6. The van der Waals surface area contributed by atoms with Crippen LogP contribution in [0.1, 0.15) is 41.5 Å². The number of nitrogens with one attached hydrogen (secondary N) is 2. The topological polar surface area (TPSA) is 93.0 Å². The van der Waals surface area contributed by atoms with Gasteiger partial charge in [0.25, 0.3) is 5.91 Å². The lowest BCUT2D eigenvalue weighted by molar-refractivity contribution is 0.102. The van der Waals surface area contributed by atoms with Crippen molar-refractivity contribution >= 4 is 17.3 Å². The van der Waals surface area contributed by atoms with Gasteiger partial charge in [0.1, 0.15) is 5.75 Å². The van der Waals surface area contributed by atoms with Crippen LogP contribution in [0.15, 0.2) is 18.2 Å². The summed E-state index contributed by atoms with van der Waals surface area (Å²) in [5.74, 6) is 0.595. The highest BCUT2D eigenvalue weighted by atomic mass is 16.5. The minimum absolute atomic E-state index is 0.182. The van der Waals surface area contributed by atoms with E-state index in [2.05, 4.69) is 15.5 Å². The number of aryl methyl sites for hydroxylation is 1. The first-order chi connectivity index (χ1) is 9.93. The summed E-state index contributed by atoms with van der Waals surface area (Å²) in [4.78, 5) is 12.3. The Labute approximate surface area is 123 Å². The van der Waals surface area contributed by atoms with Crippen molar-refractivity contribution in [2.75, 3.05) is 18.2 Å². The van der Waals surface area contributed by atoms with Crippen molar-refractivity contribution in [3.05, 3.63) is 35.2 Å². The Morgan fingerprint density at radius 2 is 2.14 bits per heavy atom. The Balaban J connectivity index is 2.22. The Hall–Kier alpha value is -2.50. The third-order valence-electron chi connectivity index (χ3n) is 3.31. The molecule has 0 fully saturated rings. The second kappa shape index (κ2) is 5.87. The number of methoxy groups -OCH3 is 1. The lowest BCUT2D eigenvalue weighted by atomic mass is 10.1. The van der Waals surface area contributed by atoms with Gasteiger partial charge in [0.05, 0.1) is 18.5 Å². The molecule has 0 saturated carbocycles. The standard InChI is InChI=1S/C15H20N4O2/c1-8(2)13-12(16)14(19-18-13)15(20)17-11-6-5-10(21-4)7-9(11)3/h5-8H,16H2,1-4H3,(H,17,20)(H,18,19). The van der Waals surface area contributed by atoms with Crippen molar-refractivity contribution in [2.24, 2.45) is 0 Å². The third kappa shape index (κ3) is 2.99. The summed E-state index contributed by atoms with van der Waals surface area (Å²) in [5, 5.41) is 9.64. The smallest absolute Gasteiger partial charge is 0.278 e. The Morgan fingerprint density at radius 1 is 1.43 bits per heavy atom. The molecule has 0 aliphatic heterocycles. The van der Waals surface area contributed by atoms with Crippen molar-refractivity contribution in [1.82, 2.24) is 10.2 Å². The minimum atomic E-state index is -0.330. The van der Waals surface area contributed by atoms with Crippen molar-refractivity contribution in [3.8, 4) is 5.75 Å². The molecule has 6 heteroatoms. The highest BCUT2D eigenvalue weighted by molar-refractivity contribution is 6.06. The number of benzene rings is 1. The molecule has 0 bridgehead atoms. The van der Waals surface area contributed by atoms with Gasteiger partial charge in [0.2, 0.25) is 0 Å². The molecule has 0 aliphatic rings. The van der Waals surface area contributed by atoms with Crippen LogP contribution in [0.25, 0.3) is 0 Å². The second-order valence-corrected chi connectivity index (χ2v) is 5.19. The first kappa shape index (κ1) is 14.9. The number of aromatic nitrogens is 2. The number of H-pyrrole nitrogens is 1. The Bertz CT molecular complexity index is 662. The second-order valence-electron chi connectivity index (χ2n) is 5.19. The molecule has 1 amide bonds. The fourth-order valence-electron chi connectivity index (χ4n) is 2.06. The molecule has 0 spiro atoms. The van der Waals surface area contributed by atoms with Crippen LogP contribution in [0.5, 0.6) is 5.75 Å². The normalized spacial score (nSPS) is 10.7. The predicted molar refractivity (Wildman–Crippen MR) is 82.8 cm³/mol. The number of carbonyl (C=O) groups excluding carboxylic acids is 1. The fourth-order valence-corrected chi connectivity index (χ4v) is 2.06. The van der Waals surface area contributed by atoms with Crippen molar-refractivity contribution < 1.29 is 9.53 Å². The van der Waals surface area contributed by atoms with Gasteiger partial charge in [0, 0.05) is 5.69 Å². The zero-order valence-corrected chi connectivity index (χ0v) is 12.7. The molecule has 2 aromatic rings. The van der Waals surface area contributed by atoms with E-state index in [0.29, 0.717) is 11.4 Å². The summed E-state index contributed by atoms with van der Waals surface area (Å²) < 4.78 is 5.14. The van der Waals surface area contributed by atoms with E-state index in [0.717, 1.165) is 17.0 Å². The van der Waals surface area contributed by atoms with Crippen LogP contribution in [-0.2, 0) is 0 Å². The van der Waals surface area contributed by atoms with Gasteiger partial charge in [0.15, 0.2) is 5.69 Å². The number of aromatic amines is 1. The molecular formula is C15H20N4O2. The van der Waals surface area contributed by atoms with Gasteiger partial charge >= 0.3 is 0 Å². The number of carbonyl (C=O) groups is 1. The van der Waals surface area contributed by atoms with E-state index >= 15 is 0 Å². The number of nitrogens with zero attached hydrogens (tertiary/aromatic N) is 1. The highest BCUT2D eigenvalue weighted by Crippen LogP contribution is 2.25. The van der Waals surface area contributed by atoms with Crippen molar-refractivity contribution in [2.45, 2.75) is 26.7 Å². The van der Waals surface area contributed by atoms with Gasteiger partial charge in [-0.2, -0.15) is 5.10 Å². The zero-order valence-electron chi connectivity index (χ0n) is 12.7. The summed E-state index contributed by atoms with van der Waals surface area (Å²) in [6, 6.07) is 5.43. The minimum Gasteiger partial charge on any atom is -0.497 e. The summed E-state index contributed by atoms with van der Waals surface area (Å²) >= 11 is 0. The molecule has 0 aliphatic carbocycles. The van der Waals surface area contributed by atoms with E-state index in [-0.39, 0.29) is 17.5 Å². The van der Waals surface area contributed by atoms with E-state index in [4.69, 9.17) is 10.5 Å². The van der Waals surface area contributed by atoms with E-state index in [1.807, 2.05) is 26.8 Å². The van der Waals surface area contributed by atoms with Crippen LogP contribution in [0.4, 0.5) is 11.4 Å². The molecule has 112 valence electrons. The molecule has 1 aromatic carbocycles. The largest absolute Gasteiger partial charge is 0.497 e. The van der Waals surface area contributed by atoms with Gasteiger partial charge in [-0.15, -0.1) is 0 Å². The van der Waals surface area contributed by atoms with Gasteiger partial charge < -0.3 is 15.8 Å². The number of amides is 1. The van der Waals surface area contributed by atoms with Crippen LogP contribution in [-0.4, -0.2) is 23.2 Å². The monoisotopic (exact) mass is 288 g/mol. The number of hydrogen-bond acceptors (Lipinski definition) is 4. The number of nitrogens with two attached hydrogens (primary N) is 1. The molecule has 1 aromatic heterocycles. The van der Waals surface area contributed by atoms with Gasteiger partial charge in [-0.25, -0.2) is 0 Å². The molecule has 21 heavy (non-hydrogen) atoms. The Kier molecular flexibility index (Phi) is 4.16. The van der Waals surface area contributed by atoms with Crippen LogP contribution < -0.4 is 15.8 Å². The predicted octanol–water partition coefficient (Wildman–Crippen LogP) is 2.68. The molecule has 0 radical (unpaired) electrons. The summed E-state index contributed by atoms with van der Waals surface area (Å²) in [6.45, 7) is 5.87. The number of rotatable bonds is 4. The number of nitrogen functional groups attached to an aromatic ring is 1. The number of anilines is 2. The molecule has 0 atom stereocenters. The summed E-state index contributed by atoms with van der Waals surface area (Å²) in [6.07, 6.45) is 0. The molecule has 2 rings (SSSR count). The molecule has 6 nitrogen and oxygen atoms in total. The maximum atomic E-state index is 12.3. The van der Waals surface area contributed by atoms with Crippen molar-refractivity contribution in [1.29, 1.82) is 0 Å². The van der Waals surface area contributed by atoms with E-state index in [1.54, 1.807) is 19.2 Å². The van der Waals surface area contributed by atoms with Crippen LogP contribution in [0.2, 0.25) is 0 Å². The molecular weight excluding hydrogens is 268 g/mol. The lowest BCUT2D eigenvalue weighted by Crippen LogP contribution is -2.15. The Morgan fingerprint density at radius 3 is 2.67 bits per heavy atom. The lowest BCUT2D eigenvalue weighted by Gasteiger charge is -2.09. The number of hydrogen-bond donors (Lipinski definition) is 3. The summed E-state index contributed by atoms with van der Waals surface area (Å²) in [5.41, 5.74) is 8.96. The third-order valence-corrected chi connectivity index (χ3v) is 3.31. The molecule has 0 unspecified atom stereocenters. The van der Waals surface area contributed by atoms with Crippen LogP contribution in [0.3, 0.4) is 0 Å². The van der Waals surface area contributed by atoms with Gasteiger partial charge in [-0.05, 0) is 36.6 Å². The van der Waals surface area contributed by atoms with Crippen molar-refractivity contribution in [3.63, 3.8) is 0 Å². The van der Waals surface area contributed by atoms with Gasteiger partial charge in [-0.3, -0.25) is 9.89 Å². The average molecular weight is 288 g/mol. The van der Waals surface area contributed by atoms with E-state index in [1.165, 1.54) is 0 Å². The SMILES string of the molecule is COc1ccc(NC(=O)c2n[nH]c(C(C)C)c2N)c(C)c1. The first-order valence-electron chi connectivity index (χ1n) is 6.73. The fraction of sp³-hybridized carbons (Fsp3) is 0.333. The molecule has 0 saturated heterocycles. The molecule has 1 heterocycles. The average Bonchev–Trinajstić information content (AvgIpc) is 2.83. The van der Waals surface area contributed by atoms with Gasteiger partial charge in [-0.1, -0.05) is 13.8 Å². The van der Waals surface area contributed by atoms with Crippen LogP contribution in [0, 0.1) is 6.92 Å². The summed E-state index contributed by atoms with van der Waals surface area (Å²) in [7, 11) is 1.60. The first-order valence-corrected chi connectivity index (χ1v) is 6.73. The maximum absolute atomic E-state index is 12.3. The number of ether oxygens (including phenoxy) is 1. The highest BCUT2D eigenvalue weighted by Gasteiger charge is 2.19. The van der Waals surface area contributed by atoms with Crippen LogP contribution >= 0.6 is 0 Å². The van der Waals surface area contributed by atoms with E-state index < -0.39 is 0 Å². The quantitative estimate of drug-likeness (QED) is 0.806. The van der Waals surface area contributed by atoms with E-state index in [9.17, 15) is 4.79 Å². The molecule has 4 N–H and O–H groups in total.